The summed E-state index contributed by atoms with van der Waals surface area (Å²) < 4.78 is 2.77. The summed E-state index contributed by atoms with van der Waals surface area (Å²) in [6.45, 7) is 0. The van der Waals surface area contributed by atoms with Crippen LogP contribution in [0, 0.1) is 0 Å². The van der Waals surface area contributed by atoms with Crippen LogP contribution in [-0.2, 0) is 6.42 Å². The molecule has 30 heavy (non-hydrogen) atoms. The number of hydrogen-bond donors (Lipinski definition) is 0. The first-order valence-electron chi connectivity index (χ1n) is 10.3. The molecule has 1 aliphatic carbocycles. The van der Waals surface area contributed by atoms with E-state index in [1.807, 2.05) is 29.7 Å². The van der Waals surface area contributed by atoms with Gasteiger partial charge in [-0.15, -0.1) is 11.3 Å². The Balaban J connectivity index is 1.46. The van der Waals surface area contributed by atoms with Crippen LogP contribution >= 0.6 is 11.3 Å². The molecular formula is C28H17NS. The Morgan fingerprint density at radius 2 is 1.57 bits per heavy atom. The van der Waals surface area contributed by atoms with E-state index in [1.54, 1.807) is 0 Å². The van der Waals surface area contributed by atoms with E-state index >= 15 is 0 Å². The highest BCUT2D eigenvalue weighted by atomic mass is 32.1. The van der Waals surface area contributed by atoms with Crippen molar-refractivity contribution in [1.82, 2.24) is 4.98 Å². The zero-order chi connectivity index (χ0) is 19.7. The number of nitrogens with zero attached hydrogens (tertiary/aromatic N) is 1. The fourth-order valence-electron chi connectivity index (χ4n) is 4.88. The van der Waals surface area contributed by atoms with Crippen molar-refractivity contribution in [2.24, 2.45) is 0 Å². The average molecular weight is 400 g/mol. The number of benzene rings is 4. The molecule has 0 bridgehead atoms. The van der Waals surface area contributed by atoms with Crippen LogP contribution in [0.25, 0.3) is 53.3 Å². The minimum atomic E-state index is 1.00. The van der Waals surface area contributed by atoms with E-state index in [9.17, 15) is 0 Å². The Hall–Kier alpha value is -3.49. The molecule has 140 valence electrons. The Morgan fingerprint density at radius 3 is 2.50 bits per heavy atom. The van der Waals surface area contributed by atoms with E-state index in [4.69, 9.17) is 0 Å². The quantitative estimate of drug-likeness (QED) is 0.274. The topological polar surface area (TPSA) is 12.9 Å². The first-order valence-corrected chi connectivity index (χ1v) is 11.1. The molecule has 1 aliphatic rings. The second kappa shape index (κ2) is 6.01. The third-order valence-electron chi connectivity index (χ3n) is 6.33. The molecule has 0 fully saturated rings. The molecule has 2 heteroatoms. The second-order valence-electron chi connectivity index (χ2n) is 8.03. The van der Waals surface area contributed by atoms with Gasteiger partial charge < -0.3 is 0 Å². The lowest BCUT2D eigenvalue weighted by atomic mass is 9.98. The standard InChI is InChI=1S/C28H17NS/c1-2-7-27-21(5-1)22-11-10-18-14-24-20(16-25(18)28(22)30-27)13-17-8-9-19(15-23(17)24)26-6-3-4-12-29-26/h1-12,14-16H,13H2. The van der Waals surface area contributed by atoms with Crippen molar-refractivity contribution in [3.63, 3.8) is 0 Å². The molecule has 6 aromatic rings. The zero-order valence-electron chi connectivity index (χ0n) is 16.2. The molecular weight excluding hydrogens is 382 g/mol. The van der Waals surface area contributed by atoms with Gasteiger partial charge in [0.1, 0.15) is 0 Å². The first kappa shape index (κ1) is 16.3. The minimum Gasteiger partial charge on any atom is -0.256 e. The van der Waals surface area contributed by atoms with Crippen LogP contribution < -0.4 is 0 Å². The molecule has 7 rings (SSSR count). The van der Waals surface area contributed by atoms with Gasteiger partial charge in [-0.05, 0) is 75.8 Å². The van der Waals surface area contributed by atoms with Gasteiger partial charge in [-0.1, -0.05) is 48.5 Å². The normalized spacial score (nSPS) is 12.5. The SMILES string of the molecule is c1ccc(-c2ccc3c(c2)-c2cc4ccc5c6ccccc6sc5c4cc2C3)nc1. The van der Waals surface area contributed by atoms with Crippen LogP contribution in [0.5, 0.6) is 0 Å². The summed E-state index contributed by atoms with van der Waals surface area (Å²) in [6.07, 6.45) is 2.87. The van der Waals surface area contributed by atoms with Crippen molar-refractivity contribution in [2.45, 2.75) is 6.42 Å². The average Bonchev–Trinajstić information content (AvgIpc) is 3.36. The molecule has 0 saturated heterocycles. The molecule has 0 atom stereocenters. The maximum Gasteiger partial charge on any atom is 0.0702 e. The van der Waals surface area contributed by atoms with Gasteiger partial charge in [0.25, 0.3) is 0 Å². The Morgan fingerprint density at radius 1 is 0.667 bits per heavy atom. The van der Waals surface area contributed by atoms with E-state index in [1.165, 1.54) is 58.8 Å². The number of fused-ring (bicyclic) bond motifs is 8. The molecule has 0 radical (unpaired) electrons. The van der Waals surface area contributed by atoms with Gasteiger partial charge in [-0.25, -0.2) is 0 Å². The highest BCUT2D eigenvalue weighted by molar-refractivity contribution is 7.26. The van der Waals surface area contributed by atoms with Crippen molar-refractivity contribution >= 4 is 42.3 Å². The predicted molar refractivity (Wildman–Crippen MR) is 128 cm³/mol. The minimum absolute atomic E-state index is 1.00. The van der Waals surface area contributed by atoms with Gasteiger partial charge in [0.2, 0.25) is 0 Å². The molecule has 0 N–H and O–H groups in total. The van der Waals surface area contributed by atoms with Crippen LogP contribution in [0.3, 0.4) is 0 Å². The lowest BCUT2D eigenvalue weighted by Crippen LogP contribution is -1.85. The van der Waals surface area contributed by atoms with Crippen molar-refractivity contribution in [1.29, 1.82) is 0 Å². The number of thiophene rings is 1. The maximum atomic E-state index is 4.54. The molecule has 1 nitrogen and oxygen atoms in total. The van der Waals surface area contributed by atoms with E-state index in [-0.39, 0.29) is 0 Å². The molecule has 0 saturated carbocycles. The molecule has 2 aromatic heterocycles. The predicted octanol–water partition coefficient (Wildman–Crippen LogP) is 7.84. The number of hydrogen-bond acceptors (Lipinski definition) is 2. The molecule has 0 aliphatic heterocycles. The maximum absolute atomic E-state index is 4.54. The van der Waals surface area contributed by atoms with Gasteiger partial charge in [-0.2, -0.15) is 0 Å². The summed E-state index contributed by atoms with van der Waals surface area (Å²) in [6, 6.07) is 31.0. The molecule has 0 amide bonds. The monoisotopic (exact) mass is 399 g/mol. The van der Waals surface area contributed by atoms with Crippen molar-refractivity contribution in [3.05, 3.63) is 102 Å². The molecule has 2 heterocycles. The second-order valence-corrected chi connectivity index (χ2v) is 9.09. The molecule has 4 aromatic carbocycles. The van der Waals surface area contributed by atoms with E-state index in [0.29, 0.717) is 0 Å². The van der Waals surface area contributed by atoms with Crippen LogP contribution in [0.4, 0.5) is 0 Å². The van der Waals surface area contributed by atoms with Gasteiger partial charge in [-0.3, -0.25) is 4.98 Å². The summed E-state index contributed by atoms with van der Waals surface area (Å²) in [5, 5.41) is 5.44. The number of rotatable bonds is 1. The first-order chi connectivity index (χ1) is 14.8. The summed E-state index contributed by atoms with van der Waals surface area (Å²) >= 11 is 1.91. The highest BCUT2D eigenvalue weighted by Gasteiger charge is 2.21. The van der Waals surface area contributed by atoms with Gasteiger partial charge >= 0.3 is 0 Å². The summed E-state index contributed by atoms with van der Waals surface area (Å²) in [4.78, 5) is 4.54. The molecule has 0 spiro atoms. The van der Waals surface area contributed by atoms with Gasteiger partial charge in [0.15, 0.2) is 0 Å². The summed E-state index contributed by atoms with van der Waals surface area (Å²) in [5.41, 5.74) is 7.78. The Bertz CT molecular complexity index is 1610. The summed E-state index contributed by atoms with van der Waals surface area (Å²) in [7, 11) is 0. The third-order valence-corrected chi connectivity index (χ3v) is 7.54. The van der Waals surface area contributed by atoms with E-state index in [0.717, 1.165) is 12.1 Å². The van der Waals surface area contributed by atoms with E-state index < -0.39 is 0 Å². The summed E-state index contributed by atoms with van der Waals surface area (Å²) in [5.74, 6) is 0. The van der Waals surface area contributed by atoms with Crippen LogP contribution in [0.15, 0.2) is 91.1 Å². The van der Waals surface area contributed by atoms with Crippen LogP contribution in [0.2, 0.25) is 0 Å². The number of aromatic nitrogens is 1. The number of pyridine rings is 1. The lowest BCUT2D eigenvalue weighted by Gasteiger charge is -2.07. The molecule has 0 unspecified atom stereocenters. The van der Waals surface area contributed by atoms with Gasteiger partial charge in [0.05, 0.1) is 5.69 Å². The van der Waals surface area contributed by atoms with Gasteiger partial charge in [0, 0.05) is 31.9 Å². The Labute approximate surface area is 178 Å². The lowest BCUT2D eigenvalue weighted by molar-refractivity contribution is 1.27. The largest absolute Gasteiger partial charge is 0.256 e. The smallest absolute Gasteiger partial charge is 0.0702 e. The zero-order valence-corrected chi connectivity index (χ0v) is 17.0. The van der Waals surface area contributed by atoms with Crippen molar-refractivity contribution < 1.29 is 0 Å². The van der Waals surface area contributed by atoms with Crippen LogP contribution in [-0.4, -0.2) is 4.98 Å². The van der Waals surface area contributed by atoms with Crippen molar-refractivity contribution in [3.8, 4) is 22.4 Å². The third kappa shape index (κ3) is 2.25. The van der Waals surface area contributed by atoms with Crippen molar-refractivity contribution in [2.75, 3.05) is 0 Å². The highest BCUT2D eigenvalue weighted by Crippen LogP contribution is 2.44. The fourth-order valence-corrected chi connectivity index (χ4v) is 6.11. The fraction of sp³-hybridized carbons (Fsp3) is 0.0357. The van der Waals surface area contributed by atoms with Crippen LogP contribution in [0.1, 0.15) is 11.1 Å². The van der Waals surface area contributed by atoms with E-state index in [2.05, 4.69) is 77.8 Å². The Kier molecular flexibility index (Phi) is 3.27.